The smallest absolute Gasteiger partial charge is 0.191 e. The highest BCUT2D eigenvalue weighted by Gasteiger charge is 2.28. The second kappa shape index (κ2) is 8.37. The van der Waals surface area contributed by atoms with Crippen LogP contribution in [0.3, 0.4) is 0 Å². The van der Waals surface area contributed by atoms with E-state index in [9.17, 15) is 8.42 Å². The molecule has 0 spiro atoms. The summed E-state index contributed by atoms with van der Waals surface area (Å²) in [6, 6.07) is 6.05. The Morgan fingerprint density at radius 2 is 2.00 bits per heavy atom. The van der Waals surface area contributed by atoms with Crippen LogP contribution >= 0.6 is 0 Å². The fourth-order valence-electron chi connectivity index (χ4n) is 2.76. The van der Waals surface area contributed by atoms with E-state index in [0.717, 1.165) is 12.3 Å². The van der Waals surface area contributed by atoms with Crippen molar-refractivity contribution in [2.45, 2.75) is 33.2 Å². The lowest BCUT2D eigenvalue weighted by Crippen LogP contribution is -2.44. The summed E-state index contributed by atoms with van der Waals surface area (Å²) < 4.78 is 28.8. The molecule has 0 aromatic heterocycles. The maximum atomic E-state index is 11.5. The zero-order valence-corrected chi connectivity index (χ0v) is 15.4. The van der Waals surface area contributed by atoms with Crippen molar-refractivity contribution in [2.75, 3.05) is 31.2 Å². The third-order valence-electron chi connectivity index (χ3n) is 3.74. The highest BCUT2D eigenvalue weighted by atomic mass is 32.2. The predicted molar refractivity (Wildman–Crippen MR) is 97.6 cm³/mol. The Kier molecular flexibility index (Phi) is 6.48. The Hall–Kier alpha value is -1.76. The number of ether oxygens (including phenoxy) is 1. The van der Waals surface area contributed by atoms with Crippen LogP contribution in [0.15, 0.2) is 23.2 Å². The molecule has 1 aromatic carbocycles. The number of aliphatic imine (C=N–C) groups is 1. The maximum absolute atomic E-state index is 11.5. The maximum Gasteiger partial charge on any atom is 0.191 e. The number of hydrogen-bond acceptors (Lipinski definition) is 4. The predicted octanol–water partition coefficient (Wildman–Crippen LogP) is 1.42. The standard InChI is InChI=1S/C17H27N3O3S/c1-4-18-17(20-15-5-8-24(21,22)12-15)19-6-7-23-16-10-13(2)9-14(3)11-16/h9-11,15H,4-8,12H2,1-3H3,(H2,18,19,20). The molecular formula is C17H27N3O3S. The fraction of sp³-hybridized carbons (Fsp3) is 0.588. The van der Waals surface area contributed by atoms with E-state index in [0.29, 0.717) is 25.5 Å². The topological polar surface area (TPSA) is 79.8 Å². The van der Waals surface area contributed by atoms with Crippen molar-refractivity contribution in [1.82, 2.24) is 10.6 Å². The van der Waals surface area contributed by atoms with E-state index in [4.69, 9.17) is 4.74 Å². The molecular weight excluding hydrogens is 326 g/mol. The molecule has 1 saturated heterocycles. The van der Waals surface area contributed by atoms with Crippen molar-refractivity contribution >= 4 is 15.8 Å². The molecule has 0 aliphatic carbocycles. The first-order chi connectivity index (χ1) is 11.4. The van der Waals surface area contributed by atoms with Crippen molar-refractivity contribution in [3.8, 4) is 5.75 Å². The second-order valence-electron chi connectivity index (χ2n) is 6.18. The summed E-state index contributed by atoms with van der Waals surface area (Å²) in [6.45, 7) is 7.77. The summed E-state index contributed by atoms with van der Waals surface area (Å²) in [5.74, 6) is 1.92. The molecule has 1 aliphatic rings. The molecule has 24 heavy (non-hydrogen) atoms. The fourth-order valence-corrected chi connectivity index (χ4v) is 4.43. The van der Waals surface area contributed by atoms with Crippen LogP contribution in [-0.2, 0) is 9.84 Å². The van der Waals surface area contributed by atoms with Gasteiger partial charge in [0, 0.05) is 12.6 Å². The number of rotatable bonds is 6. The SMILES string of the molecule is CCNC(=NCCOc1cc(C)cc(C)c1)NC1CCS(=O)(=O)C1. The molecule has 134 valence electrons. The van der Waals surface area contributed by atoms with Gasteiger partial charge in [-0.25, -0.2) is 13.4 Å². The molecule has 0 saturated carbocycles. The van der Waals surface area contributed by atoms with Gasteiger partial charge in [-0.05, 0) is 50.5 Å². The van der Waals surface area contributed by atoms with Gasteiger partial charge in [-0.15, -0.1) is 0 Å². The van der Waals surface area contributed by atoms with Crippen molar-refractivity contribution in [3.05, 3.63) is 29.3 Å². The van der Waals surface area contributed by atoms with E-state index in [1.165, 1.54) is 11.1 Å². The third kappa shape index (κ3) is 6.03. The Labute approximate surface area is 144 Å². The monoisotopic (exact) mass is 353 g/mol. The lowest BCUT2D eigenvalue weighted by Gasteiger charge is -2.16. The Morgan fingerprint density at radius 3 is 2.58 bits per heavy atom. The van der Waals surface area contributed by atoms with Gasteiger partial charge in [0.25, 0.3) is 0 Å². The highest BCUT2D eigenvalue weighted by molar-refractivity contribution is 7.91. The van der Waals surface area contributed by atoms with Gasteiger partial charge < -0.3 is 15.4 Å². The van der Waals surface area contributed by atoms with Gasteiger partial charge >= 0.3 is 0 Å². The molecule has 1 aromatic rings. The number of nitrogens with one attached hydrogen (secondary N) is 2. The number of hydrogen-bond donors (Lipinski definition) is 2. The van der Waals surface area contributed by atoms with Crippen LogP contribution in [0.1, 0.15) is 24.5 Å². The van der Waals surface area contributed by atoms with Crippen molar-refractivity contribution in [1.29, 1.82) is 0 Å². The molecule has 2 rings (SSSR count). The van der Waals surface area contributed by atoms with Crippen LogP contribution in [0, 0.1) is 13.8 Å². The van der Waals surface area contributed by atoms with E-state index in [1.54, 1.807) is 0 Å². The zero-order chi connectivity index (χ0) is 17.6. The normalized spacial score (nSPS) is 20.0. The lowest BCUT2D eigenvalue weighted by atomic mass is 10.1. The van der Waals surface area contributed by atoms with Crippen LogP contribution in [0.25, 0.3) is 0 Å². The average Bonchev–Trinajstić information content (AvgIpc) is 2.81. The van der Waals surface area contributed by atoms with E-state index < -0.39 is 9.84 Å². The first-order valence-electron chi connectivity index (χ1n) is 8.34. The highest BCUT2D eigenvalue weighted by Crippen LogP contribution is 2.16. The minimum Gasteiger partial charge on any atom is -0.492 e. The summed E-state index contributed by atoms with van der Waals surface area (Å²) in [7, 11) is -2.90. The molecule has 1 aliphatic heterocycles. The van der Waals surface area contributed by atoms with Gasteiger partial charge in [0.05, 0.1) is 18.1 Å². The molecule has 6 nitrogen and oxygen atoms in total. The summed E-state index contributed by atoms with van der Waals surface area (Å²) in [5, 5.41) is 6.34. The van der Waals surface area contributed by atoms with Gasteiger partial charge in [-0.1, -0.05) is 6.07 Å². The Balaban J connectivity index is 1.84. The minimum absolute atomic E-state index is 0.0619. The first-order valence-corrected chi connectivity index (χ1v) is 10.2. The summed E-state index contributed by atoms with van der Waals surface area (Å²) in [6.07, 6.45) is 0.631. The largest absolute Gasteiger partial charge is 0.492 e. The van der Waals surface area contributed by atoms with Gasteiger partial charge in [-0.2, -0.15) is 0 Å². The molecule has 1 heterocycles. The molecule has 1 atom stereocenters. The number of guanidine groups is 1. The Morgan fingerprint density at radius 1 is 1.29 bits per heavy atom. The molecule has 0 bridgehead atoms. The molecule has 0 radical (unpaired) electrons. The molecule has 0 amide bonds. The van der Waals surface area contributed by atoms with Crippen LogP contribution in [0.4, 0.5) is 0 Å². The van der Waals surface area contributed by atoms with E-state index in [-0.39, 0.29) is 17.5 Å². The number of benzene rings is 1. The van der Waals surface area contributed by atoms with Crippen molar-refractivity contribution < 1.29 is 13.2 Å². The Bertz CT molecular complexity index is 666. The van der Waals surface area contributed by atoms with E-state index in [1.807, 2.05) is 32.9 Å². The lowest BCUT2D eigenvalue weighted by molar-refractivity contribution is 0.328. The number of nitrogens with zero attached hydrogens (tertiary/aromatic N) is 1. The van der Waals surface area contributed by atoms with Gasteiger partial charge in [0.2, 0.25) is 0 Å². The zero-order valence-electron chi connectivity index (χ0n) is 14.6. The minimum atomic E-state index is -2.90. The summed E-state index contributed by atoms with van der Waals surface area (Å²) in [5.41, 5.74) is 2.34. The van der Waals surface area contributed by atoms with Crippen LogP contribution in [0.2, 0.25) is 0 Å². The van der Waals surface area contributed by atoms with Gasteiger partial charge in [0.15, 0.2) is 15.8 Å². The average molecular weight is 353 g/mol. The second-order valence-corrected chi connectivity index (χ2v) is 8.41. The van der Waals surface area contributed by atoms with Crippen molar-refractivity contribution in [2.24, 2.45) is 4.99 Å². The molecule has 7 heteroatoms. The van der Waals surface area contributed by atoms with Crippen LogP contribution in [0.5, 0.6) is 5.75 Å². The summed E-state index contributed by atoms with van der Waals surface area (Å²) >= 11 is 0. The summed E-state index contributed by atoms with van der Waals surface area (Å²) in [4.78, 5) is 4.46. The van der Waals surface area contributed by atoms with E-state index >= 15 is 0 Å². The molecule has 1 unspecified atom stereocenters. The van der Waals surface area contributed by atoms with Gasteiger partial charge in [0.1, 0.15) is 12.4 Å². The molecule has 2 N–H and O–H groups in total. The van der Waals surface area contributed by atoms with Gasteiger partial charge in [-0.3, -0.25) is 0 Å². The van der Waals surface area contributed by atoms with Crippen molar-refractivity contribution in [3.63, 3.8) is 0 Å². The first kappa shape index (κ1) is 18.6. The number of sulfone groups is 1. The third-order valence-corrected chi connectivity index (χ3v) is 5.51. The molecule has 1 fully saturated rings. The van der Waals surface area contributed by atoms with Crippen LogP contribution in [-0.4, -0.2) is 51.6 Å². The quantitative estimate of drug-likeness (QED) is 0.459. The number of aryl methyl sites for hydroxylation is 2. The van der Waals surface area contributed by atoms with Crippen LogP contribution < -0.4 is 15.4 Å². The van der Waals surface area contributed by atoms with E-state index in [2.05, 4.69) is 21.7 Å².